The molecule has 1 aromatic carbocycles. The molecule has 1 atom stereocenters. The highest BCUT2D eigenvalue weighted by molar-refractivity contribution is 5.28. The summed E-state index contributed by atoms with van der Waals surface area (Å²) < 4.78 is 0. The minimum Gasteiger partial charge on any atom is -0.305 e. The fourth-order valence-corrected chi connectivity index (χ4v) is 2.31. The Morgan fingerprint density at radius 2 is 1.93 bits per heavy atom. The van der Waals surface area contributed by atoms with Crippen LogP contribution in [-0.4, -0.2) is 31.6 Å². The second kappa shape index (κ2) is 3.95. The third-order valence-electron chi connectivity index (χ3n) is 3.28. The number of benzene rings is 1. The van der Waals surface area contributed by atoms with Gasteiger partial charge in [-0.1, -0.05) is 29.8 Å². The lowest BCUT2D eigenvalue weighted by molar-refractivity contribution is 0.171. The quantitative estimate of drug-likeness (QED) is 0.749. The molecular weight excluding hydrogens is 184 g/mol. The molecule has 1 N–H and O–H groups in total. The zero-order valence-electron chi connectivity index (χ0n) is 9.88. The van der Waals surface area contributed by atoms with Gasteiger partial charge < -0.3 is 10.2 Å². The van der Waals surface area contributed by atoms with Gasteiger partial charge in [0.15, 0.2) is 0 Å². The van der Waals surface area contributed by atoms with Gasteiger partial charge in [-0.2, -0.15) is 0 Å². The SMILES string of the molecule is Cc1ccc(C2(C)CN(C)CCN2)cc1. The van der Waals surface area contributed by atoms with Crippen LogP contribution in [0.15, 0.2) is 24.3 Å². The summed E-state index contributed by atoms with van der Waals surface area (Å²) in [6.07, 6.45) is 0. The van der Waals surface area contributed by atoms with Gasteiger partial charge in [-0.05, 0) is 26.5 Å². The van der Waals surface area contributed by atoms with Gasteiger partial charge in [0.1, 0.15) is 0 Å². The third kappa shape index (κ3) is 2.21. The van der Waals surface area contributed by atoms with Crippen molar-refractivity contribution in [1.29, 1.82) is 0 Å². The highest BCUT2D eigenvalue weighted by Crippen LogP contribution is 2.23. The van der Waals surface area contributed by atoms with Gasteiger partial charge in [0.05, 0.1) is 5.54 Å². The second-order valence-electron chi connectivity index (χ2n) is 4.86. The van der Waals surface area contributed by atoms with E-state index in [4.69, 9.17) is 0 Å². The fraction of sp³-hybridized carbons (Fsp3) is 0.538. The molecule has 0 saturated carbocycles. The van der Waals surface area contributed by atoms with E-state index in [1.165, 1.54) is 11.1 Å². The number of nitrogens with one attached hydrogen (secondary N) is 1. The zero-order valence-corrected chi connectivity index (χ0v) is 9.88. The van der Waals surface area contributed by atoms with Crippen LogP contribution in [-0.2, 0) is 5.54 Å². The number of hydrogen-bond acceptors (Lipinski definition) is 2. The molecule has 0 aromatic heterocycles. The topological polar surface area (TPSA) is 15.3 Å². The van der Waals surface area contributed by atoms with Gasteiger partial charge in [-0.3, -0.25) is 0 Å². The summed E-state index contributed by atoms with van der Waals surface area (Å²) in [6.45, 7) is 7.71. The molecule has 1 heterocycles. The fourth-order valence-electron chi connectivity index (χ4n) is 2.31. The van der Waals surface area contributed by atoms with E-state index in [-0.39, 0.29) is 5.54 Å². The van der Waals surface area contributed by atoms with Crippen molar-refractivity contribution in [2.24, 2.45) is 0 Å². The highest BCUT2D eigenvalue weighted by Gasteiger charge is 2.30. The Hall–Kier alpha value is -0.860. The lowest BCUT2D eigenvalue weighted by Crippen LogP contribution is -2.55. The first kappa shape index (κ1) is 10.7. The average molecular weight is 204 g/mol. The molecule has 0 spiro atoms. The number of likely N-dealkylation sites (N-methyl/N-ethyl adjacent to an activating group) is 1. The largest absolute Gasteiger partial charge is 0.305 e. The Bertz CT molecular complexity index is 331. The van der Waals surface area contributed by atoms with E-state index < -0.39 is 0 Å². The molecule has 1 saturated heterocycles. The summed E-state index contributed by atoms with van der Waals surface area (Å²) in [5, 5.41) is 3.62. The molecule has 2 rings (SSSR count). The van der Waals surface area contributed by atoms with Gasteiger partial charge >= 0.3 is 0 Å². The number of aryl methyl sites for hydroxylation is 1. The van der Waals surface area contributed by atoms with E-state index in [1.807, 2.05) is 0 Å². The van der Waals surface area contributed by atoms with Gasteiger partial charge in [0.2, 0.25) is 0 Å². The molecule has 0 radical (unpaired) electrons. The molecule has 1 aromatic rings. The van der Waals surface area contributed by atoms with E-state index >= 15 is 0 Å². The van der Waals surface area contributed by atoms with Gasteiger partial charge in [0.25, 0.3) is 0 Å². The predicted molar refractivity (Wildman–Crippen MR) is 64.0 cm³/mol. The Morgan fingerprint density at radius 1 is 1.27 bits per heavy atom. The first-order valence-corrected chi connectivity index (χ1v) is 5.61. The van der Waals surface area contributed by atoms with E-state index in [1.54, 1.807) is 0 Å². The normalized spacial score (nSPS) is 27.9. The van der Waals surface area contributed by atoms with Crippen molar-refractivity contribution >= 4 is 0 Å². The standard InChI is InChI=1S/C13H20N2/c1-11-4-6-12(7-5-11)13(2)10-15(3)9-8-14-13/h4-7,14H,8-10H2,1-3H3. The Morgan fingerprint density at radius 3 is 2.53 bits per heavy atom. The maximum atomic E-state index is 3.62. The van der Waals surface area contributed by atoms with Crippen LogP contribution in [0.5, 0.6) is 0 Å². The molecule has 1 aliphatic heterocycles. The summed E-state index contributed by atoms with van der Waals surface area (Å²) >= 11 is 0. The van der Waals surface area contributed by atoms with Crippen LogP contribution in [0.3, 0.4) is 0 Å². The van der Waals surface area contributed by atoms with Crippen LogP contribution in [0.25, 0.3) is 0 Å². The molecular formula is C13H20N2. The number of hydrogen-bond donors (Lipinski definition) is 1. The van der Waals surface area contributed by atoms with E-state index in [0.29, 0.717) is 0 Å². The average Bonchev–Trinajstić information content (AvgIpc) is 2.18. The van der Waals surface area contributed by atoms with Crippen molar-refractivity contribution in [2.45, 2.75) is 19.4 Å². The lowest BCUT2D eigenvalue weighted by atomic mass is 9.89. The monoisotopic (exact) mass is 204 g/mol. The summed E-state index contributed by atoms with van der Waals surface area (Å²) in [4.78, 5) is 2.39. The van der Waals surface area contributed by atoms with Gasteiger partial charge in [-0.15, -0.1) is 0 Å². The van der Waals surface area contributed by atoms with Crippen LogP contribution in [0.1, 0.15) is 18.1 Å². The molecule has 82 valence electrons. The Balaban J connectivity index is 2.24. The molecule has 1 aliphatic rings. The van der Waals surface area contributed by atoms with Crippen molar-refractivity contribution in [3.8, 4) is 0 Å². The predicted octanol–water partition coefficient (Wildman–Crippen LogP) is 1.75. The molecule has 0 amide bonds. The van der Waals surface area contributed by atoms with Crippen molar-refractivity contribution in [3.05, 3.63) is 35.4 Å². The second-order valence-corrected chi connectivity index (χ2v) is 4.86. The smallest absolute Gasteiger partial charge is 0.0535 e. The summed E-state index contributed by atoms with van der Waals surface area (Å²) in [7, 11) is 2.19. The lowest BCUT2D eigenvalue weighted by Gasteiger charge is -2.40. The first-order valence-electron chi connectivity index (χ1n) is 5.61. The van der Waals surface area contributed by atoms with E-state index in [9.17, 15) is 0 Å². The highest BCUT2D eigenvalue weighted by atomic mass is 15.2. The minimum atomic E-state index is 0.112. The molecule has 1 fully saturated rings. The first-order chi connectivity index (χ1) is 7.10. The van der Waals surface area contributed by atoms with Crippen LogP contribution >= 0.6 is 0 Å². The van der Waals surface area contributed by atoms with Crippen molar-refractivity contribution in [2.75, 3.05) is 26.7 Å². The molecule has 15 heavy (non-hydrogen) atoms. The summed E-state index contributed by atoms with van der Waals surface area (Å²) in [5.41, 5.74) is 2.83. The third-order valence-corrected chi connectivity index (χ3v) is 3.28. The summed E-state index contributed by atoms with van der Waals surface area (Å²) in [5.74, 6) is 0. The Labute approximate surface area is 92.3 Å². The number of piperazine rings is 1. The van der Waals surface area contributed by atoms with Crippen LogP contribution in [0, 0.1) is 6.92 Å². The molecule has 0 bridgehead atoms. The van der Waals surface area contributed by atoms with E-state index in [0.717, 1.165) is 19.6 Å². The van der Waals surface area contributed by atoms with Crippen LogP contribution < -0.4 is 5.32 Å². The molecule has 0 aliphatic carbocycles. The molecule has 2 heteroatoms. The number of rotatable bonds is 1. The maximum absolute atomic E-state index is 3.62. The Kier molecular flexibility index (Phi) is 2.81. The van der Waals surface area contributed by atoms with Crippen molar-refractivity contribution in [3.63, 3.8) is 0 Å². The zero-order chi connectivity index (χ0) is 10.9. The minimum absolute atomic E-state index is 0.112. The van der Waals surface area contributed by atoms with Crippen molar-refractivity contribution in [1.82, 2.24) is 10.2 Å². The van der Waals surface area contributed by atoms with Crippen LogP contribution in [0.2, 0.25) is 0 Å². The molecule has 1 unspecified atom stereocenters. The van der Waals surface area contributed by atoms with Crippen molar-refractivity contribution < 1.29 is 0 Å². The van der Waals surface area contributed by atoms with Gasteiger partial charge in [-0.25, -0.2) is 0 Å². The van der Waals surface area contributed by atoms with Gasteiger partial charge in [0, 0.05) is 19.6 Å². The number of nitrogens with zero attached hydrogens (tertiary/aromatic N) is 1. The summed E-state index contributed by atoms with van der Waals surface area (Å²) in [6, 6.07) is 8.86. The maximum Gasteiger partial charge on any atom is 0.0535 e. The molecule has 2 nitrogen and oxygen atoms in total. The van der Waals surface area contributed by atoms with E-state index in [2.05, 4.69) is 55.4 Å². The van der Waals surface area contributed by atoms with Crippen LogP contribution in [0.4, 0.5) is 0 Å².